The van der Waals surface area contributed by atoms with Crippen molar-refractivity contribution in [2.75, 3.05) is 12.4 Å². The second-order valence-electron chi connectivity index (χ2n) is 3.37. The van der Waals surface area contributed by atoms with Crippen LogP contribution in [0.25, 0.3) is 0 Å². The standard InChI is InChI=1S/C11H13F3OS/c12-11(13,14)16-7-6-10(8-15)9-4-2-1-3-5-9/h1-5,10,15H,6-8H2. The highest BCUT2D eigenvalue weighted by Gasteiger charge is 2.28. The van der Waals surface area contributed by atoms with Crippen LogP contribution < -0.4 is 0 Å². The zero-order valence-corrected chi connectivity index (χ0v) is 9.39. The maximum atomic E-state index is 11.9. The molecule has 0 saturated carbocycles. The van der Waals surface area contributed by atoms with Gasteiger partial charge in [-0.15, -0.1) is 0 Å². The van der Waals surface area contributed by atoms with Crippen molar-refractivity contribution in [3.63, 3.8) is 0 Å². The van der Waals surface area contributed by atoms with E-state index in [0.717, 1.165) is 5.56 Å². The van der Waals surface area contributed by atoms with Crippen molar-refractivity contribution in [1.29, 1.82) is 0 Å². The quantitative estimate of drug-likeness (QED) is 0.864. The van der Waals surface area contributed by atoms with Crippen LogP contribution in [0.5, 0.6) is 0 Å². The maximum absolute atomic E-state index is 11.9. The molecule has 0 amide bonds. The van der Waals surface area contributed by atoms with Gasteiger partial charge in [0, 0.05) is 18.3 Å². The van der Waals surface area contributed by atoms with Gasteiger partial charge < -0.3 is 5.11 Å². The van der Waals surface area contributed by atoms with E-state index in [2.05, 4.69) is 0 Å². The molecule has 0 saturated heterocycles. The minimum Gasteiger partial charge on any atom is -0.396 e. The molecule has 0 radical (unpaired) electrons. The van der Waals surface area contributed by atoms with Gasteiger partial charge in [-0.25, -0.2) is 0 Å². The molecule has 90 valence electrons. The first-order chi connectivity index (χ1) is 7.53. The zero-order chi connectivity index (χ0) is 12.0. The van der Waals surface area contributed by atoms with Gasteiger partial charge in [0.2, 0.25) is 0 Å². The molecule has 0 aromatic heterocycles. The normalized spacial score (nSPS) is 13.8. The molecule has 1 atom stereocenters. The third kappa shape index (κ3) is 4.90. The molecule has 0 aliphatic heterocycles. The lowest BCUT2D eigenvalue weighted by atomic mass is 9.98. The molecular weight excluding hydrogens is 237 g/mol. The van der Waals surface area contributed by atoms with Gasteiger partial charge >= 0.3 is 5.51 Å². The van der Waals surface area contributed by atoms with Gasteiger partial charge in [0.05, 0.1) is 0 Å². The van der Waals surface area contributed by atoms with Crippen LogP contribution in [-0.2, 0) is 0 Å². The molecule has 0 heterocycles. The van der Waals surface area contributed by atoms with E-state index >= 15 is 0 Å². The fourth-order valence-electron chi connectivity index (χ4n) is 1.41. The predicted octanol–water partition coefficient (Wildman–Crippen LogP) is 3.41. The van der Waals surface area contributed by atoms with E-state index in [1.54, 1.807) is 0 Å². The van der Waals surface area contributed by atoms with Crippen LogP contribution in [0.1, 0.15) is 17.9 Å². The van der Waals surface area contributed by atoms with Crippen LogP contribution >= 0.6 is 11.8 Å². The van der Waals surface area contributed by atoms with Gasteiger partial charge in [0.25, 0.3) is 0 Å². The Labute approximate surface area is 96.7 Å². The largest absolute Gasteiger partial charge is 0.441 e. The van der Waals surface area contributed by atoms with Crippen molar-refractivity contribution in [3.8, 4) is 0 Å². The first-order valence-corrected chi connectivity index (χ1v) is 5.88. The maximum Gasteiger partial charge on any atom is 0.441 e. The van der Waals surface area contributed by atoms with Gasteiger partial charge in [-0.2, -0.15) is 13.2 Å². The van der Waals surface area contributed by atoms with Crippen LogP contribution in [0.2, 0.25) is 0 Å². The Morgan fingerprint density at radius 3 is 2.31 bits per heavy atom. The van der Waals surface area contributed by atoms with Crippen LogP contribution in [0, 0.1) is 0 Å². The SMILES string of the molecule is OCC(CCSC(F)(F)F)c1ccccc1. The fraction of sp³-hybridized carbons (Fsp3) is 0.455. The number of rotatable bonds is 5. The monoisotopic (exact) mass is 250 g/mol. The Balaban J connectivity index is 2.45. The predicted molar refractivity (Wildman–Crippen MR) is 59.4 cm³/mol. The third-order valence-corrected chi connectivity index (χ3v) is 2.99. The van der Waals surface area contributed by atoms with E-state index in [9.17, 15) is 13.2 Å². The number of hydrogen-bond donors (Lipinski definition) is 1. The summed E-state index contributed by atoms with van der Waals surface area (Å²) in [4.78, 5) is 0. The first kappa shape index (κ1) is 13.4. The average molecular weight is 250 g/mol. The Morgan fingerprint density at radius 2 is 1.81 bits per heavy atom. The lowest BCUT2D eigenvalue weighted by Crippen LogP contribution is -2.08. The molecule has 0 fully saturated rings. The van der Waals surface area contributed by atoms with E-state index in [1.807, 2.05) is 30.3 Å². The Morgan fingerprint density at radius 1 is 1.19 bits per heavy atom. The smallest absolute Gasteiger partial charge is 0.396 e. The number of hydrogen-bond acceptors (Lipinski definition) is 2. The minimum atomic E-state index is -4.18. The third-order valence-electron chi connectivity index (χ3n) is 2.22. The Kier molecular flexibility index (Phi) is 5.15. The molecule has 1 N–H and O–H groups in total. The number of thioether (sulfide) groups is 1. The molecule has 1 unspecified atom stereocenters. The van der Waals surface area contributed by atoms with Crippen molar-refractivity contribution in [2.24, 2.45) is 0 Å². The van der Waals surface area contributed by atoms with Gasteiger partial charge in [-0.3, -0.25) is 0 Å². The molecule has 5 heteroatoms. The molecular formula is C11H13F3OS. The minimum absolute atomic E-state index is 0.0242. The summed E-state index contributed by atoms with van der Waals surface area (Å²) in [6.07, 6.45) is 0.324. The molecule has 0 spiro atoms. The highest BCUT2D eigenvalue weighted by atomic mass is 32.2. The van der Waals surface area contributed by atoms with Crippen molar-refractivity contribution in [3.05, 3.63) is 35.9 Å². The van der Waals surface area contributed by atoms with Crippen LogP contribution in [0.3, 0.4) is 0 Å². The van der Waals surface area contributed by atoms with Gasteiger partial charge in [-0.1, -0.05) is 42.1 Å². The van der Waals surface area contributed by atoms with Gasteiger partial charge in [0.15, 0.2) is 0 Å². The van der Waals surface area contributed by atoms with Gasteiger partial charge in [-0.05, 0) is 12.0 Å². The van der Waals surface area contributed by atoms with E-state index < -0.39 is 5.51 Å². The molecule has 16 heavy (non-hydrogen) atoms. The Hall–Kier alpha value is -0.680. The number of halogens is 3. The molecule has 1 rings (SSSR count). The number of aliphatic hydroxyl groups is 1. The van der Waals surface area contributed by atoms with Crippen LogP contribution in [-0.4, -0.2) is 23.0 Å². The molecule has 1 aromatic rings. The van der Waals surface area contributed by atoms with Crippen molar-refractivity contribution < 1.29 is 18.3 Å². The number of aliphatic hydroxyl groups excluding tert-OH is 1. The second-order valence-corrected chi connectivity index (χ2v) is 4.53. The first-order valence-electron chi connectivity index (χ1n) is 4.89. The number of alkyl halides is 3. The lowest BCUT2D eigenvalue weighted by Gasteiger charge is -2.14. The molecule has 0 bridgehead atoms. The highest BCUT2D eigenvalue weighted by Crippen LogP contribution is 2.32. The summed E-state index contributed by atoms with van der Waals surface area (Å²) in [7, 11) is 0. The summed E-state index contributed by atoms with van der Waals surface area (Å²) in [6, 6.07) is 9.10. The van der Waals surface area contributed by atoms with E-state index in [0.29, 0.717) is 6.42 Å². The Bertz CT molecular complexity index is 300. The summed E-state index contributed by atoms with van der Waals surface area (Å²) < 4.78 is 35.7. The molecule has 1 aromatic carbocycles. The summed E-state index contributed by atoms with van der Waals surface area (Å²) in [5, 5.41) is 9.12. The average Bonchev–Trinajstić information content (AvgIpc) is 2.24. The van der Waals surface area contributed by atoms with Crippen LogP contribution in [0.4, 0.5) is 13.2 Å². The van der Waals surface area contributed by atoms with Crippen molar-refractivity contribution in [1.82, 2.24) is 0 Å². The zero-order valence-electron chi connectivity index (χ0n) is 8.57. The van der Waals surface area contributed by atoms with E-state index in [-0.39, 0.29) is 30.0 Å². The summed E-state index contributed by atoms with van der Waals surface area (Å²) in [6.45, 7) is -0.123. The molecule has 1 nitrogen and oxygen atoms in total. The topological polar surface area (TPSA) is 20.2 Å². The molecule has 0 aliphatic rings. The van der Waals surface area contributed by atoms with Crippen molar-refractivity contribution >= 4 is 11.8 Å². The molecule has 0 aliphatic carbocycles. The lowest BCUT2D eigenvalue weighted by molar-refractivity contribution is -0.0328. The summed E-state index contributed by atoms with van der Waals surface area (Å²) >= 11 is -0.0392. The second kappa shape index (κ2) is 6.15. The van der Waals surface area contributed by atoms with Crippen molar-refractivity contribution in [2.45, 2.75) is 17.8 Å². The number of benzene rings is 1. The highest BCUT2D eigenvalue weighted by molar-refractivity contribution is 8.00. The van der Waals surface area contributed by atoms with E-state index in [1.165, 1.54) is 0 Å². The van der Waals surface area contributed by atoms with E-state index in [4.69, 9.17) is 5.11 Å². The summed E-state index contributed by atoms with van der Waals surface area (Å²) in [5.74, 6) is -0.236. The van der Waals surface area contributed by atoms with Crippen LogP contribution in [0.15, 0.2) is 30.3 Å². The fourth-order valence-corrected chi connectivity index (χ4v) is 2.04. The van der Waals surface area contributed by atoms with Gasteiger partial charge in [0.1, 0.15) is 0 Å². The summed E-state index contributed by atoms with van der Waals surface area (Å²) in [5.41, 5.74) is -3.30.